The molecule has 3 rings (SSSR count). The van der Waals surface area contributed by atoms with Gasteiger partial charge in [-0.25, -0.2) is 8.78 Å². The number of alkyl halides is 2. The van der Waals surface area contributed by atoms with Crippen molar-refractivity contribution >= 4 is 5.91 Å². The minimum atomic E-state index is -2.64. The second-order valence-corrected chi connectivity index (χ2v) is 7.14. The first-order chi connectivity index (χ1) is 12.9. The molecule has 0 aliphatic carbocycles. The number of piperidine rings is 1. The molecule has 1 saturated heterocycles. The fourth-order valence-corrected chi connectivity index (χ4v) is 3.59. The Hall–Kier alpha value is -2.28. The van der Waals surface area contributed by atoms with Gasteiger partial charge in [-0.2, -0.15) is 5.10 Å². The molecule has 1 N–H and O–H groups in total. The van der Waals surface area contributed by atoms with Gasteiger partial charge in [0.1, 0.15) is 12.2 Å². The molecule has 0 saturated carbocycles. The molecule has 1 aliphatic heterocycles. The fraction of sp³-hybridized carbons (Fsp3) is 0.500. The van der Waals surface area contributed by atoms with Crippen LogP contribution >= 0.6 is 0 Å². The van der Waals surface area contributed by atoms with Gasteiger partial charge in [-0.1, -0.05) is 30.3 Å². The van der Waals surface area contributed by atoms with Crippen molar-refractivity contribution in [1.29, 1.82) is 0 Å². The molecule has 1 aromatic carbocycles. The molecule has 27 heavy (non-hydrogen) atoms. The average molecular weight is 377 g/mol. The number of aromatic nitrogens is 2. The van der Waals surface area contributed by atoms with Crippen molar-refractivity contribution in [2.24, 2.45) is 5.92 Å². The Morgan fingerprint density at radius 1 is 1.26 bits per heavy atom. The van der Waals surface area contributed by atoms with Gasteiger partial charge in [-0.3, -0.25) is 9.48 Å². The van der Waals surface area contributed by atoms with Crippen LogP contribution in [0.3, 0.4) is 0 Å². The number of rotatable bonds is 6. The average Bonchev–Trinajstić information content (AvgIpc) is 3.03. The van der Waals surface area contributed by atoms with E-state index in [1.165, 1.54) is 10.7 Å². The lowest BCUT2D eigenvalue weighted by molar-refractivity contribution is -0.134. The highest BCUT2D eigenvalue weighted by atomic mass is 19.3. The lowest BCUT2D eigenvalue weighted by Gasteiger charge is -2.34. The van der Waals surface area contributed by atoms with E-state index >= 15 is 0 Å². The molecule has 1 atom stereocenters. The first kappa shape index (κ1) is 19.5. The van der Waals surface area contributed by atoms with E-state index in [0.717, 1.165) is 18.4 Å². The summed E-state index contributed by atoms with van der Waals surface area (Å²) in [4.78, 5) is 14.2. The van der Waals surface area contributed by atoms with Crippen molar-refractivity contribution in [2.75, 3.05) is 13.1 Å². The second kappa shape index (κ2) is 8.61. The number of aliphatic hydroxyl groups is 1. The number of likely N-dealkylation sites (tertiary alicyclic amines) is 1. The zero-order valence-corrected chi connectivity index (χ0v) is 15.4. The molecule has 1 aromatic heterocycles. The normalized spacial score (nSPS) is 16.7. The molecule has 7 heteroatoms. The molecule has 1 amide bonds. The Kier molecular flexibility index (Phi) is 6.21. The molecule has 1 fully saturated rings. The largest absolute Gasteiger partial charge is 0.392 e. The van der Waals surface area contributed by atoms with Crippen molar-refractivity contribution < 1.29 is 18.7 Å². The molecule has 146 valence electrons. The van der Waals surface area contributed by atoms with Gasteiger partial charge in [0.05, 0.1) is 6.10 Å². The number of hydrogen-bond acceptors (Lipinski definition) is 3. The van der Waals surface area contributed by atoms with Crippen molar-refractivity contribution in [2.45, 2.75) is 45.3 Å². The van der Waals surface area contributed by atoms with Crippen molar-refractivity contribution in [1.82, 2.24) is 14.7 Å². The molecule has 5 nitrogen and oxygen atoms in total. The first-order valence-corrected chi connectivity index (χ1v) is 9.26. The predicted molar refractivity (Wildman–Crippen MR) is 97.4 cm³/mol. The first-order valence-electron chi connectivity index (χ1n) is 9.26. The van der Waals surface area contributed by atoms with Crippen LogP contribution in [0.1, 0.15) is 36.2 Å². The van der Waals surface area contributed by atoms with Gasteiger partial charge in [0.25, 0.3) is 6.43 Å². The molecular weight excluding hydrogens is 352 g/mol. The number of aryl methyl sites for hydroxylation is 1. The molecule has 0 bridgehead atoms. The molecule has 0 radical (unpaired) electrons. The number of amides is 1. The van der Waals surface area contributed by atoms with Crippen molar-refractivity contribution in [3.8, 4) is 0 Å². The number of carbonyl (C=O) groups excluding carboxylic acids is 1. The van der Waals surface area contributed by atoms with Crippen LogP contribution in [-0.4, -0.2) is 44.9 Å². The van der Waals surface area contributed by atoms with Gasteiger partial charge in [0.15, 0.2) is 0 Å². The van der Waals surface area contributed by atoms with Gasteiger partial charge in [0.2, 0.25) is 5.91 Å². The SMILES string of the molecule is Cc1cc(C(F)F)nn1CC(=O)N1CCC([C@@H](O)Cc2ccccc2)CC1. The lowest BCUT2D eigenvalue weighted by atomic mass is 9.88. The van der Waals surface area contributed by atoms with Gasteiger partial charge >= 0.3 is 0 Å². The number of aliphatic hydroxyl groups excluding tert-OH is 1. The van der Waals surface area contributed by atoms with Crippen LogP contribution in [0.4, 0.5) is 8.78 Å². The number of benzene rings is 1. The minimum absolute atomic E-state index is 0.0320. The Morgan fingerprint density at radius 2 is 1.93 bits per heavy atom. The Morgan fingerprint density at radius 3 is 2.52 bits per heavy atom. The third kappa shape index (κ3) is 4.91. The third-order valence-corrected chi connectivity index (χ3v) is 5.23. The predicted octanol–water partition coefficient (Wildman–Crippen LogP) is 2.97. The van der Waals surface area contributed by atoms with Crippen molar-refractivity contribution in [3.05, 3.63) is 53.3 Å². The zero-order chi connectivity index (χ0) is 19.4. The number of halogens is 2. The highest BCUT2D eigenvalue weighted by Gasteiger charge is 2.28. The van der Waals surface area contributed by atoms with E-state index in [0.29, 0.717) is 25.2 Å². The number of carbonyl (C=O) groups is 1. The van der Waals surface area contributed by atoms with Crippen LogP contribution in [0.15, 0.2) is 36.4 Å². The molecule has 2 heterocycles. The minimum Gasteiger partial charge on any atom is -0.392 e. The molecule has 1 aliphatic rings. The maximum absolute atomic E-state index is 12.7. The third-order valence-electron chi connectivity index (χ3n) is 5.23. The second-order valence-electron chi connectivity index (χ2n) is 7.14. The van der Waals surface area contributed by atoms with E-state index in [1.807, 2.05) is 30.3 Å². The summed E-state index contributed by atoms with van der Waals surface area (Å²) in [5.74, 6) is 0.0316. The van der Waals surface area contributed by atoms with Crippen molar-refractivity contribution in [3.63, 3.8) is 0 Å². The molecular formula is C20H25F2N3O2. The zero-order valence-electron chi connectivity index (χ0n) is 15.4. The van der Waals surface area contributed by atoms with Crippen LogP contribution in [0.25, 0.3) is 0 Å². The maximum Gasteiger partial charge on any atom is 0.282 e. The monoisotopic (exact) mass is 377 g/mol. The number of hydrogen-bond donors (Lipinski definition) is 1. The summed E-state index contributed by atoms with van der Waals surface area (Å²) in [7, 11) is 0. The summed E-state index contributed by atoms with van der Waals surface area (Å²) in [6.45, 7) is 2.77. The topological polar surface area (TPSA) is 58.4 Å². The van der Waals surface area contributed by atoms with E-state index < -0.39 is 12.5 Å². The Labute approximate surface area is 157 Å². The lowest BCUT2D eigenvalue weighted by Crippen LogP contribution is -2.43. The van der Waals surface area contributed by atoms with E-state index in [9.17, 15) is 18.7 Å². The van der Waals surface area contributed by atoms with Crippen LogP contribution < -0.4 is 0 Å². The molecule has 0 unspecified atom stereocenters. The van der Waals surface area contributed by atoms with E-state index in [-0.39, 0.29) is 24.1 Å². The van der Waals surface area contributed by atoms with E-state index in [1.54, 1.807) is 11.8 Å². The van der Waals surface area contributed by atoms with Crippen LogP contribution in [-0.2, 0) is 17.8 Å². The Balaban J connectivity index is 1.50. The standard InChI is InChI=1S/C20H25F2N3O2/c1-14-11-17(20(21)22)23-25(14)13-19(27)24-9-7-16(8-10-24)18(26)12-15-5-3-2-4-6-15/h2-6,11,16,18,20,26H,7-10,12-13H2,1H3/t18-/m0/s1. The molecule has 2 aromatic rings. The summed E-state index contributed by atoms with van der Waals surface area (Å²) >= 11 is 0. The summed E-state index contributed by atoms with van der Waals surface area (Å²) in [5.41, 5.74) is 1.35. The van der Waals surface area contributed by atoms with Gasteiger partial charge in [-0.15, -0.1) is 0 Å². The van der Waals surface area contributed by atoms with Gasteiger partial charge in [0, 0.05) is 18.8 Å². The number of nitrogens with zero attached hydrogens (tertiary/aromatic N) is 3. The highest BCUT2D eigenvalue weighted by Crippen LogP contribution is 2.24. The van der Waals surface area contributed by atoms with E-state index in [4.69, 9.17) is 0 Å². The quantitative estimate of drug-likeness (QED) is 0.842. The van der Waals surface area contributed by atoms with Crippen LogP contribution in [0, 0.1) is 12.8 Å². The van der Waals surface area contributed by atoms with Gasteiger partial charge in [-0.05, 0) is 43.7 Å². The summed E-state index contributed by atoms with van der Waals surface area (Å²) < 4.78 is 26.8. The maximum atomic E-state index is 12.7. The fourth-order valence-electron chi connectivity index (χ4n) is 3.59. The smallest absolute Gasteiger partial charge is 0.282 e. The van der Waals surface area contributed by atoms with Crippen LogP contribution in [0.5, 0.6) is 0 Å². The molecule has 0 spiro atoms. The van der Waals surface area contributed by atoms with Crippen LogP contribution in [0.2, 0.25) is 0 Å². The van der Waals surface area contributed by atoms with Gasteiger partial charge < -0.3 is 10.0 Å². The summed E-state index contributed by atoms with van der Waals surface area (Å²) in [6, 6.07) is 11.2. The highest BCUT2D eigenvalue weighted by molar-refractivity contribution is 5.76. The van der Waals surface area contributed by atoms with E-state index in [2.05, 4.69) is 5.10 Å². The summed E-state index contributed by atoms with van der Waals surface area (Å²) in [5, 5.41) is 14.3. The Bertz CT molecular complexity index is 756. The summed E-state index contributed by atoms with van der Waals surface area (Å²) in [6.07, 6.45) is -0.976.